The van der Waals surface area contributed by atoms with Gasteiger partial charge in [-0.1, -0.05) is 24.3 Å². The van der Waals surface area contributed by atoms with Gasteiger partial charge in [-0.25, -0.2) is 4.39 Å². The number of nitrogens with one attached hydrogen (secondary N) is 1. The van der Waals surface area contributed by atoms with Crippen LogP contribution in [0.1, 0.15) is 5.56 Å². The van der Waals surface area contributed by atoms with E-state index in [9.17, 15) is 4.39 Å². The zero-order valence-electron chi connectivity index (χ0n) is 9.91. The van der Waals surface area contributed by atoms with Crippen LogP contribution in [0.4, 0.5) is 10.1 Å². The quantitative estimate of drug-likeness (QED) is 0.913. The molecular weight excluding hydrogens is 297 g/mol. The Labute approximate surface area is 114 Å². The van der Waals surface area contributed by atoms with Crippen molar-refractivity contribution in [2.75, 3.05) is 12.4 Å². The van der Waals surface area contributed by atoms with Crippen molar-refractivity contribution in [1.82, 2.24) is 0 Å². The van der Waals surface area contributed by atoms with E-state index in [-0.39, 0.29) is 11.6 Å². The first-order valence-electron chi connectivity index (χ1n) is 5.52. The summed E-state index contributed by atoms with van der Waals surface area (Å²) >= 11 is 3.44. The lowest BCUT2D eigenvalue weighted by Crippen LogP contribution is -2.03. The van der Waals surface area contributed by atoms with Gasteiger partial charge in [0.25, 0.3) is 0 Å². The molecule has 0 bridgehead atoms. The summed E-state index contributed by atoms with van der Waals surface area (Å²) in [7, 11) is 1.46. The second-order valence-corrected chi connectivity index (χ2v) is 4.62. The van der Waals surface area contributed by atoms with Crippen molar-refractivity contribution >= 4 is 21.6 Å². The van der Waals surface area contributed by atoms with Crippen LogP contribution in [-0.4, -0.2) is 7.11 Å². The highest BCUT2D eigenvalue weighted by molar-refractivity contribution is 9.10. The molecule has 0 spiro atoms. The van der Waals surface area contributed by atoms with Crippen LogP contribution in [0.15, 0.2) is 46.9 Å². The highest BCUT2D eigenvalue weighted by Crippen LogP contribution is 2.24. The highest BCUT2D eigenvalue weighted by Gasteiger charge is 2.08. The minimum Gasteiger partial charge on any atom is -0.494 e. The molecule has 0 saturated heterocycles. The maximum Gasteiger partial charge on any atom is 0.170 e. The van der Waals surface area contributed by atoms with Crippen LogP contribution < -0.4 is 10.1 Å². The number of benzene rings is 2. The van der Waals surface area contributed by atoms with Gasteiger partial charge in [0.15, 0.2) is 11.6 Å². The van der Waals surface area contributed by atoms with Gasteiger partial charge in [0.1, 0.15) is 0 Å². The van der Waals surface area contributed by atoms with E-state index in [1.54, 1.807) is 18.2 Å². The lowest BCUT2D eigenvalue weighted by atomic mass is 10.2. The Morgan fingerprint density at radius 2 is 1.94 bits per heavy atom. The number of rotatable bonds is 4. The van der Waals surface area contributed by atoms with Gasteiger partial charge in [0.05, 0.1) is 7.11 Å². The topological polar surface area (TPSA) is 21.3 Å². The molecule has 0 aliphatic rings. The fourth-order valence-electron chi connectivity index (χ4n) is 1.65. The second kappa shape index (κ2) is 5.87. The van der Waals surface area contributed by atoms with Gasteiger partial charge in [0.2, 0.25) is 0 Å². The Kier molecular flexibility index (Phi) is 4.20. The van der Waals surface area contributed by atoms with Crippen LogP contribution >= 0.6 is 15.9 Å². The van der Waals surface area contributed by atoms with E-state index in [0.29, 0.717) is 12.1 Å². The van der Waals surface area contributed by atoms with Gasteiger partial charge in [-0.3, -0.25) is 0 Å². The molecule has 18 heavy (non-hydrogen) atoms. The Morgan fingerprint density at radius 3 is 2.67 bits per heavy atom. The predicted molar refractivity (Wildman–Crippen MR) is 74.4 cm³/mol. The summed E-state index contributed by atoms with van der Waals surface area (Å²) in [6, 6.07) is 12.8. The summed E-state index contributed by atoms with van der Waals surface area (Å²) in [6.45, 7) is 0.408. The first kappa shape index (κ1) is 12.9. The summed E-state index contributed by atoms with van der Waals surface area (Å²) in [6.07, 6.45) is 0. The van der Waals surface area contributed by atoms with Crippen LogP contribution in [0.2, 0.25) is 0 Å². The Morgan fingerprint density at radius 1 is 1.17 bits per heavy atom. The summed E-state index contributed by atoms with van der Waals surface area (Å²) in [4.78, 5) is 0. The average Bonchev–Trinajstić information content (AvgIpc) is 2.39. The van der Waals surface area contributed by atoms with Gasteiger partial charge >= 0.3 is 0 Å². The summed E-state index contributed by atoms with van der Waals surface area (Å²) < 4.78 is 19.8. The lowest BCUT2D eigenvalue weighted by Gasteiger charge is -2.10. The van der Waals surface area contributed by atoms with Crippen LogP contribution in [0.3, 0.4) is 0 Å². The molecule has 0 aromatic heterocycles. The largest absolute Gasteiger partial charge is 0.494 e. The molecule has 0 atom stereocenters. The minimum atomic E-state index is -0.320. The average molecular weight is 310 g/mol. The van der Waals surface area contributed by atoms with Crippen LogP contribution in [0, 0.1) is 5.82 Å². The molecule has 4 heteroatoms. The maximum atomic E-state index is 13.9. The smallest absolute Gasteiger partial charge is 0.170 e. The predicted octanol–water partition coefficient (Wildman–Crippen LogP) is 4.21. The second-order valence-electron chi connectivity index (χ2n) is 3.77. The molecule has 0 saturated carbocycles. The fraction of sp³-hybridized carbons (Fsp3) is 0.143. The van der Waals surface area contributed by atoms with E-state index in [4.69, 9.17) is 4.74 Å². The van der Waals surface area contributed by atoms with Crippen molar-refractivity contribution in [2.45, 2.75) is 6.54 Å². The van der Waals surface area contributed by atoms with Crippen molar-refractivity contribution in [2.24, 2.45) is 0 Å². The fourth-order valence-corrected chi connectivity index (χ4v) is 2.07. The van der Waals surface area contributed by atoms with E-state index in [2.05, 4.69) is 21.2 Å². The lowest BCUT2D eigenvalue weighted by molar-refractivity contribution is 0.384. The summed E-state index contributed by atoms with van der Waals surface area (Å²) in [5, 5.41) is 3.18. The van der Waals surface area contributed by atoms with Crippen molar-refractivity contribution in [3.8, 4) is 5.75 Å². The van der Waals surface area contributed by atoms with Crippen molar-refractivity contribution in [3.05, 3.63) is 58.3 Å². The van der Waals surface area contributed by atoms with E-state index in [0.717, 1.165) is 10.2 Å². The molecule has 0 amide bonds. The third-order valence-corrected chi connectivity index (χ3v) is 3.30. The monoisotopic (exact) mass is 309 g/mol. The number of anilines is 1. The van der Waals surface area contributed by atoms with Crippen molar-refractivity contribution in [1.29, 1.82) is 0 Å². The van der Waals surface area contributed by atoms with Gasteiger partial charge in [-0.2, -0.15) is 0 Å². The van der Waals surface area contributed by atoms with Gasteiger partial charge in [0, 0.05) is 22.3 Å². The molecule has 2 nitrogen and oxygen atoms in total. The highest BCUT2D eigenvalue weighted by atomic mass is 79.9. The molecule has 0 fully saturated rings. The third kappa shape index (κ3) is 2.82. The Bertz CT molecular complexity index is 545. The van der Waals surface area contributed by atoms with Crippen molar-refractivity contribution in [3.63, 3.8) is 0 Å². The van der Waals surface area contributed by atoms with E-state index in [1.165, 1.54) is 7.11 Å². The van der Waals surface area contributed by atoms with Gasteiger partial charge < -0.3 is 10.1 Å². The number of para-hydroxylation sites is 1. The number of ether oxygens (including phenoxy) is 1. The van der Waals surface area contributed by atoms with Crippen LogP contribution in [-0.2, 0) is 6.54 Å². The third-order valence-electron chi connectivity index (χ3n) is 2.61. The molecule has 1 N–H and O–H groups in total. The first-order chi connectivity index (χ1) is 8.72. The molecule has 2 aromatic rings. The van der Waals surface area contributed by atoms with Gasteiger partial charge in [-0.05, 0) is 34.1 Å². The van der Waals surface area contributed by atoms with Crippen molar-refractivity contribution < 1.29 is 9.13 Å². The molecular formula is C14H13BrFNO. The number of hydrogen-bond acceptors (Lipinski definition) is 2. The molecule has 0 aliphatic heterocycles. The first-order valence-corrected chi connectivity index (χ1v) is 6.31. The minimum absolute atomic E-state index is 0.265. The number of methoxy groups -OCH3 is 1. The molecule has 0 unspecified atom stereocenters. The summed E-state index contributed by atoms with van der Waals surface area (Å²) in [5.74, 6) is -0.0546. The van der Waals surface area contributed by atoms with E-state index in [1.807, 2.05) is 24.3 Å². The molecule has 2 aromatic carbocycles. The number of hydrogen-bond donors (Lipinski definition) is 1. The summed E-state index contributed by atoms with van der Waals surface area (Å²) in [5.41, 5.74) is 1.50. The molecule has 2 rings (SSSR count). The normalized spacial score (nSPS) is 10.2. The zero-order valence-corrected chi connectivity index (χ0v) is 11.5. The molecule has 0 aliphatic carbocycles. The SMILES string of the molecule is COc1cccc(CNc2ccccc2Br)c1F. The van der Waals surface area contributed by atoms with Crippen LogP contribution in [0.5, 0.6) is 5.75 Å². The maximum absolute atomic E-state index is 13.9. The number of halogens is 2. The van der Waals surface area contributed by atoms with E-state index >= 15 is 0 Å². The Hall–Kier alpha value is -1.55. The zero-order chi connectivity index (χ0) is 13.0. The van der Waals surface area contributed by atoms with E-state index < -0.39 is 0 Å². The molecule has 94 valence electrons. The van der Waals surface area contributed by atoms with Crippen LogP contribution in [0.25, 0.3) is 0 Å². The molecule has 0 heterocycles. The Balaban J connectivity index is 2.14. The molecule has 0 radical (unpaired) electrons. The standard InChI is InChI=1S/C14H13BrFNO/c1-18-13-8-4-5-10(14(13)16)9-17-12-7-3-2-6-11(12)15/h2-8,17H,9H2,1H3. The van der Waals surface area contributed by atoms with Gasteiger partial charge in [-0.15, -0.1) is 0 Å².